The van der Waals surface area contributed by atoms with E-state index in [2.05, 4.69) is 20.1 Å². The number of fused-ring (bicyclic) bond motifs is 1. The molecule has 1 N–H and O–H groups in total. The lowest BCUT2D eigenvalue weighted by molar-refractivity contribution is 0.122. The molecular weight excluding hydrogens is 487 g/mol. The van der Waals surface area contributed by atoms with Crippen molar-refractivity contribution in [1.29, 1.82) is 0 Å². The van der Waals surface area contributed by atoms with E-state index < -0.39 is 11.9 Å². The summed E-state index contributed by atoms with van der Waals surface area (Å²) in [5, 5.41) is 19.7. The standard InChI is InChI=1S/C26H24ClFN4O4/c1-34-24-6-5-22(30-31-24)26(33)19-12-18(21(28)14-20(19)27)17-13-25(35-2)29-23-11-15(3-4-16(17)23)32-7-9-36-10-8-32/h3-6,11-14,26,33H,7-10H2,1-2H3/t26-/m0/s1. The molecule has 0 spiro atoms. The average Bonchev–Trinajstić information content (AvgIpc) is 2.92. The van der Waals surface area contributed by atoms with Crippen molar-refractivity contribution in [2.75, 3.05) is 45.4 Å². The van der Waals surface area contributed by atoms with Crippen LogP contribution in [-0.2, 0) is 4.74 Å². The van der Waals surface area contributed by atoms with Crippen molar-refractivity contribution in [3.63, 3.8) is 0 Å². The number of benzene rings is 2. The summed E-state index contributed by atoms with van der Waals surface area (Å²) in [7, 11) is 2.99. The Morgan fingerprint density at radius 1 is 0.972 bits per heavy atom. The number of morpholine rings is 1. The van der Waals surface area contributed by atoms with Crippen molar-refractivity contribution in [1.82, 2.24) is 15.2 Å². The second-order valence-corrected chi connectivity index (χ2v) is 8.68. The number of ether oxygens (including phenoxy) is 3. The van der Waals surface area contributed by atoms with Gasteiger partial charge in [-0.25, -0.2) is 9.37 Å². The third-order valence-electron chi connectivity index (χ3n) is 6.18. The van der Waals surface area contributed by atoms with Gasteiger partial charge in [-0.1, -0.05) is 17.7 Å². The molecule has 36 heavy (non-hydrogen) atoms. The number of halogens is 2. The van der Waals surface area contributed by atoms with Crippen LogP contribution in [0.1, 0.15) is 17.4 Å². The molecule has 0 bridgehead atoms. The fraction of sp³-hybridized carbons (Fsp3) is 0.269. The molecule has 10 heteroatoms. The number of methoxy groups -OCH3 is 2. The minimum absolute atomic E-state index is 0.0706. The van der Waals surface area contributed by atoms with Crippen LogP contribution in [0.4, 0.5) is 10.1 Å². The minimum Gasteiger partial charge on any atom is -0.481 e. The van der Waals surface area contributed by atoms with E-state index in [1.807, 2.05) is 18.2 Å². The Kier molecular flexibility index (Phi) is 6.86. The van der Waals surface area contributed by atoms with E-state index in [1.54, 1.807) is 18.2 Å². The summed E-state index contributed by atoms with van der Waals surface area (Å²) in [6.07, 6.45) is -1.22. The highest BCUT2D eigenvalue weighted by molar-refractivity contribution is 6.31. The molecule has 0 amide bonds. The van der Waals surface area contributed by atoms with Crippen LogP contribution >= 0.6 is 11.6 Å². The number of aliphatic hydroxyl groups excluding tert-OH is 1. The van der Waals surface area contributed by atoms with E-state index in [9.17, 15) is 5.11 Å². The number of anilines is 1. The molecular formula is C26H24ClFN4O4. The Labute approximate surface area is 212 Å². The Balaban J connectivity index is 1.61. The normalized spacial score (nSPS) is 14.6. The third kappa shape index (κ3) is 4.65. The molecule has 1 saturated heterocycles. The Bertz CT molecular complexity index is 1400. The van der Waals surface area contributed by atoms with Crippen LogP contribution in [0, 0.1) is 5.82 Å². The molecule has 0 aliphatic carbocycles. The smallest absolute Gasteiger partial charge is 0.233 e. The summed E-state index contributed by atoms with van der Waals surface area (Å²) in [4.78, 5) is 6.82. The second kappa shape index (κ2) is 10.2. The molecule has 5 rings (SSSR count). The monoisotopic (exact) mass is 510 g/mol. The van der Waals surface area contributed by atoms with Crippen molar-refractivity contribution in [3.05, 3.63) is 70.6 Å². The molecule has 3 heterocycles. The molecule has 0 saturated carbocycles. The molecule has 1 fully saturated rings. The largest absolute Gasteiger partial charge is 0.481 e. The van der Waals surface area contributed by atoms with Crippen molar-refractivity contribution >= 4 is 28.2 Å². The van der Waals surface area contributed by atoms with Crippen molar-refractivity contribution in [2.45, 2.75) is 6.10 Å². The van der Waals surface area contributed by atoms with Crippen molar-refractivity contribution < 1.29 is 23.7 Å². The first kappa shape index (κ1) is 24.2. The van der Waals surface area contributed by atoms with Crippen LogP contribution in [0.3, 0.4) is 0 Å². The van der Waals surface area contributed by atoms with Gasteiger partial charge in [-0.05, 0) is 35.9 Å². The Morgan fingerprint density at radius 2 is 1.75 bits per heavy atom. The molecule has 8 nitrogen and oxygen atoms in total. The third-order valence-corrected chi connectivity index (χ3v) is 6.50. The fourth-order valence-corrected chi connectivity index (χ4v) is 4.52. The van der Waals surface area contributed by atoms with Gasteiger partial charge in [0.2, 0.25) is 11.8 Å². The van der Waals surface area contributed by atoms with Gasteiger partial charge >= 0.3 is 0 Å². The van der Waals surface area contributed by atoms with Crippen molar-refractivity contribution in [2.24, 2.45) is 0 Å². The lowest BCUT2D eigenvalue weighted by Gasteiger charge is -2.29. The zero-order valence-corrected chi connectivity index (χ0v) is 20.5. The summed E-state index contributed by atoms with van der Waals surface area (Å²) in [5.74, 6) is 0.112. The number of nitrogens with zero attached hydrogens (tertiary/aromatic N) is 4. The first-order chi connectivity index (χ1) is 17.5. The van der Waals surface area contributed by atoms with E-state index in [0.717, 1.165) is 24.2 Å². The van der Waals surface area contributed by atoms with E-state index in [1.165, 1.54) is 26.4 Å². The molecule has 4 aromatic rings. The highest BCUT2D eigenvalue weighted by atomic mass is 35.5. The van der Waals surface area contributed by atoms with Gasteiger partial charge in [-0.2, -0.15) is 0 Å². The van der Waals surface area contributed by atoms with Gasteiger partial charge in [0.15, 0.2) is 0 Å². The number of aromatic nitrogens is 3. The summed E-state index contributed by atoms with van der Waals surface area (Å²) >= 11 is 6.35. The average molecular weight is 511 g/mol. The number of hydrogen-bond donors (Lipinski definition) is 1. The first-order valence-corrected chi connectivity index (χ1v) is 11.7. The van der Waals surface area contributed by atoms with Gasteiger partial charge in [0.25, 0.3) is 0 Å². The Morgan fingerprint density at radius 3 is 2.44 bits per heavy atom. The van der Waals surface area contributed by atoms with Crippen LogP contribution in [0.2, 0.25) is 5.02 Å². The number of pyridine rings is 1. The maximum absolute atomic E-state index is 15.3. The molecule has 1 aliphatic heterocycles. The first-order valence-electron chi connectivity index (χ1n) is 11.3. The van der Waals surface area contributed by atoms with Gasteiger partial charge < -0.3 is 24.2 Å². The summed E-state index contributed by atoms with van der Waals surface area (Å²) in [6, 6.07) is 13.4. The molecule has 186 valence electrons. The Hall–Kier alpha value is -3.53. The highest BCUT2D eigenvalue weighted by Gasteiger charge is 2.22. The second-order valence-electron chi connectivity index (χ2n) is 8.27. The van der Waals surface area contributed by atoms with E-state index in [0.29, 0.717) is 41.6 Å². The van der Waals surface area contributed by atoms with Gasteiger partial charge in [0.1, 0.15) is 11.9 Å². The van der Waals surface area contributed by atoms with Crippen LogP contribution in [0.25, 0.3) is 22.0 Å². The van der Waals surface area contributed by atoms with Crippen molar-refractivity contribution in [3.8, 4) is 22.9 Å². The number of rotatable bonds is 6. The maximum atomic E-state index is 15.3. The number of aliphatic hydroxyl groups is 1. The summed E-state index contributed by atoms with van der Waals surface area (Å²) in [5.41, 5.74) is 3.02. The predicted molar refractivity (Wildman–Crippen MR) is 134 cm³/mol. The lowest BCUT2D eigenvalue weighted by Crippen LogP contribution is -2.36. The molecule has 1 aliphatic rings. The molecule has 2 aromatic heterocycles. The van der Waals surface area contributed by atoms with Crippen LogP contribution < -0.4 is 14.4 Å². The van der Waals surface area contributed by atoms with E-state index in [4.69, 9.17) is 25.8 Å². The molecule has 1 atom stereocenters. The maximum Gasteiger partial charge on any atom is 0.233 e. The van der Waals surface area contributed by atoms with Gasteiger partial charge in [0, 0.05) is 52.4 Å². The predicted octanol–water partition coefficient (Wildman–Crippen LogP) is 4.42. The summed E-state index contributed by atoms with van der Waals surface area (Å²) < 4.78 is 31.2. The van der Waals surface area contributed by atoms with Gasteiger partial charge in [0.05, 0.1) is 38.6 Å². The van der Waals surface area contributed by atoms with Crippen LogP contribution in [-0.4, -0.2) is 60.8 Å². The molecule has 0 radical (unpaired) electrons. The van der Waals surface area contributed by atoms with Gasteiger partial charge in [-0.3, -0.25) is 0 Å². The zero-order valence-electron chi connectivity index (χ0n) is 19.7. The molecule has 0 unspecified atom stereocenters. The van der Waals surface area contributed by atoms with Crippen LogP contribution in [0.15, 0.2) is 48.5 Å². The summed E-state index contributed by atoms with van der Waals surface area (Å²) in [6.45, 7) is 2.89. The number of hydrogen-bond acceptors (Lipinski definition) is 8. The van der Waals surface area contributed by atoms with Crippen LogP contribution in [0.5, 0.6) is 11.8 Å². The van der Waals surface area contributed by atoms with E-state index in [-0.39, 0.29) is 16.3 Å². The topological polar surface area (TPSA) is 89.8 Å². The van der Waals surface area contributed by atoms with E-state index >= 15 is 4.39 Å². The quantitative estimate of drug-likeness (QED) is 0.408. The SMILES string of the molecule is COc1ccc([C@@H](O)c2cc(-c3cc(OC)nc4cc(N5CCOCC5)ccc34)c(F)cc2Cl)nn1. The zero-order chi connectivity index (χ0) is 25.2. The lowest BCUT2D eigenvalue weighted by atomic mass is 9.96. The minimum atomic E-state index is -1.22. The molecule has 2 aromatic carbocycles. The highest BCUT2D eigenvalue weighted by Crippen LogP contribution is 2.38. The van der Waals surface area contributed by atoms with Gasteiger partial charge in [-0.15, -0.1) is 10.2 Å². The fourth-order valence-electron chi connectivity index (χ4n) is 4.26.